The Balaban J connectivity index is 1.80. The van der Waals surface area contributed by atoms with E-state index in [1.807, 2.05) is 13.8 Å². The van der Waals surface area contributed by atoms with Gasteiger partial charge in [-0.3, -0.25) is 14.5 Å². The first-order chi connectivity index (χ1) is 12.8. The van der Waals surface area contributed by atoms with E-state index < -0.39 is 5.54 Å². The zero-order valence-electron chi connectivity index (χ0n) is 16.1. The molecule has 3 rings (SSSR count). The molecule has 0 bridgehead atoms. The van der Waals surface area contributed by atoms with Gasteiger partial charge in [0.25, 0.3) is 11.8 Å². The number of aliphatic hydroxyl groups excluding tert-OH is 1. The van der Waals surface area contributed by atoms with Crippen LogP contribution in [-0.2, 0) is 11.8 Å². The number of aliphatic hydroxyl groups is 1. The van der Waals surface area contributed by atoms with Crippen LogP contribution >= 0.6 is 0 Å². The summed E-state index contributed by atoms with van der Waals surface area (Å²) in [4.78, 5) is 47.1. The van der Waals surface area contributed by atoms with Gasteiger partial charge in [-0.15, -0.1) is 0 Å². The molecule has 148 valence electrons. The summed E-state index contributed by atoms with van der Waals surface area (Å²) in [6, 6.07) is -0.339. The Morgan fingerprint density at radius 1 is 1.30 bits per heavy atom. The zero-order valence-corrected chi connectivity index (χ0v) is 16.1. The van der Waals surface area contributed by atoms with Gasteiger partial charge in [-0.2, -0.15) is 0 Å². The van der Waals surface area contributed by atoms with E-state index in [1.54, 1.807) is 27.7 Å². The Hall–Kier alpha value is -2.42. The van der Waals surface area contributed by atoms with Crippen molar-refractivity contribution >= 4 is 17.8 Å². The Labute approximate surface area is 158 Å². The van der Waals surface area contributed by atoms with Crippen LogP contribution in [-0.4, -0.2) is 85.5 Å². The predicted molar refractivity (Wildman–Crippen MR) is 96.8 cm³/mol. The summed E-state index contributed by atoms with van der Waals surface area (Å²) in [5.41, 5.74) is -0.416. The highest BCUT2D eigenvalue weighted by Gasteiger charge is 2.58. The largest absolute Gasteiger partial charge is 0.395 e. The van der Waals surface area contributed by atoms with Crippen LogP contribution in [0.5, 0.6) is 0 Å². The van der Waals surface area contributed by atoms with Crippen molar-refractivity contribution in [3.63, 3.8) is 0 Å². The summed E-state index contributed by atoms with van der Waals surface area (Å²) >= 11 is 0. The molecular weight excluding hydrogens is 350 g/mol. The first-order valence-corrected chi connectivity index (χ1v) is 9.32. The highest BCUT2D eigenvalue weighted by molar-refractivity contribution is 6.07. The molecule has 2 aliphatic heterocycles. The molecule has 9 nitrogen and oxygen atoms in total. The Kier molecular flexibility index (Phi) is 5.23. The van der Waals surface area contributed by atoms with E-state index in [4.69, 9.17) is 0 Å². The van der Waals surface area contributed by atoms with Crippen LogP contribution in [0.15, 0.2) is 12.5 Å². The normalized spacial score (nSPS) is 19.7. The average molecular weight is 377 g/mol. The van der Waals surface area contributed by atoms with Crippen molar-refractivity contribution in [1.29, 1.82) is 0 Å². The number of nitrogens with zero attached hydrogens (tertiary/aromatic N) is 5. The number of carbonyl (C=O) groups excluding carboxylic acids is 3. The number of urea groups is 1. The molecule has 0 radical (unpaired) electrons. The zero-order chi connectivity index (χ0) is 19.8. The van der Waals surface area contributed by atoms with E-state index in [1.165, 1.54) is 6.20 Å². The van der Waals surface area contributed by atoms with Crippen LogP contribution in [0.4, 0.5) is 4.79 Å². The van der Waals surface area contributed by atoms with Gasteiger partial charge >= 0.3 is 6.03 Å². The third kappa shape index (κ3) is 3.20. The van der Waals surface area contributed by atoms with E-state index in [0.29, 0.717) is 38.2 Å². The fraction of sp³-hybridized carbons (Fsp3) is 0.667. The van der Waals surface area contributed by atoms with Gasteiger partial charge in [-0.1, -0.05) is 13.8 Å². The molecule has 0 unspecified atom stereocenters. The lowest BCUT2D eigenvalue weighted by Gasteiger charge is -2.42. The summed E-state index contributed by atoms with van der Waals surface area (Å²) in [7, 11) is 1.77. The topological polar surface area (TPSA) is 99.0 Å². The van der Waals surface area contributed by atoms with Crippen molar-refractivity contribution < 1.29 is 19.5 Å². The third-order valence-corrected chi connectivity index (χ3v) is 5.41. The average Bonchev–Trinajstić information content (AvgIpc) is 3.14. The number of rotatable bonds is 5. The van der Waals surface area contributed by atoms with Crippen LogP contribution in [0.2, 0.25) is 0 Å². The van der Waals surface area contributed by atoms with Crippen molar-refractivity contribution in [3.8, 4) is 0 Å². The second kappa shape index (κ2) is 7.30. The molecule has 4 amide bonds. The number of aromatic nitrogens is 2. The molecule has 27 heavy (non-hydrogen) atoms. The van der Waals surface area contributed by atoms with Crippen LogP contribution < -0.4 is 0 Å². The molecule has 0 saturated carbocycles. The van der Waals surface area contributed by atoms with E-state index in [0.717, 1.165) is 4.90 Å². The Morgan fingerprint density at radius 2 is 1.96 bits per heavy atom. The number of β-amino-alcohol motifs (C(OH)–C–C–N with tert-alkyl or cyclic N) is 1. The first-order valence-electron chi connectivity index (χ1n) is 9.32. The highest BCUT2D eigenvalue weighted by atomic mass is 16.3. The SMILES string of the molecule is CC(C)CN1C(=O)N(CCO)C(=O)C12CCN(C(=O)c1cncn1C)CC2. The maximum Gasteiger partial charge on any atom is 0.327 e. The number of hydrogen-bond acceptors (Lipinski definition) is 5. The molecule has 1 aromatic heterocycles. The number of imide groups is 1. The van der Waals surface area contributed by atoms with Crippen molar-refractivity contribution in [2.75, 3.05) is 32.8 Å². The van der Waals surface area contributed by atoms with Gasteiger partial charge in [-0.25, -0.2) is 9.78 Å². The second-order valence-electron chi connectivity index (χ2n) is 7.68. The fourth-order valence-electron chi connectivity index (χ4n) is 3.99. The highest BCUT2D eigenvalue weighted by Crippen LogP contribution is 2.38. The number of likely N-dealkylation sites (tertiary alicyclic amines) is 1. The lowest BCUT2D eigenvalue weighted by molar-refractivity contribution is -0.135. The Morgan fingerprint density at radius 3 is 2.48 bits per heavy atom. The van der Waals surface area contributed by atoms with Crippen molar-refractivity contribution in [3.05, 3.63) is 18.2 Å². The molecule has 1 N–H and O–H groups in total. The van der Waals surface area contributed by atoms with Crippen LogP contribution in [0.25, 0.3) is 0 Å². The standard InChI is InChI=1S/C18H27N5O4/c1-13(2)11-23-17(27)22(8-9-24)16(26)18(23)4-6-21(7-5-18)15(25)14-10-19-12-20(14)3/h10,12-13,24H,4-9,11H2,1-3H3. The molecule has 1 aromatic rings. The summed E-state index contributed by atoms with van der Waals surface area (Å²) in [5.74, 6) is -0.166. The number of carbonyl (C=O) groups is 3. The number of aryl methyl sites for hydroxylation is 1. The minimum absolute atomic E-state index is 0.00563. The van der Waals surface area contributed by atoms with E-state index >= 15 is 0 Å². The number of imidazole rings is 1. The van der Waals surface area contributed by atoms with Crippen molar-refractivity contribution in [1.82, 2.24) is 24.3 Å². The molecule has 3 heterocycles. The third-order valence-electron chi connectivity index (χ3n) is 5.41. The van der Waals surface area contributed by atoms with Gasteiger partial charge in [-0.05, 0) is 18.8 Å². The second-order valence-corrected chi connectivity index (χ2v) is 7.68. The minimum Gasteiger partial charge on any atom is -0.395 e. The molecule has 0 atom stereocenters. The van der Waals surface area contributed by atoms with Crippen LogP contribution in [0.1, 0.15) is 37.2 Å². The van der Waals surface area contributed by atoms with Crippen LogP contribution in [0, 0.1) is 5.92 Å². The summed E-state index contributed by atoms with van der Waals surface area (Å²) in [6.07, 6.45) is 3.91. The van der Waals surface area contributed by atoms with E-state index in [2.05, 4.69) is 4.98 Å². The van der Waals surface area contributed by atoms with Gasteiger partial charge in [0.05, 0.1) is 25.7 Å². The smallest absolute Gasteiger partial charge is 0.327 e. The maximum atomic E-state index is 13.1. The molecule has 0 aromatic carbocycles. The minimum atomic E-state index is -0.917. The molecule has 1 spiro atoms. The molecule has 2 saturated heterocycles. The van der Waals surface area contributed by atoms with Crippen molar-refractivity contribution in [2.45, 2.75) is 32.2 Å². The summed E-state index contributed by atoms with van der Waals surface area (Å²) in [6.45, 7) is 5.01. The van der Waals surface area contributed by atoms with E-state index in [9.17, 15) is 19.5 Å². The van der Waals surface area contributed by atoms with Gasteiger partial charge in [0.15, 0.2) is 0 Å². The van der Waals surface area contributed by atoms with Gasteiger partial charge < -0.3 is 19.5 Å². The predicted octanol–water partition coefficient (Wildman–Crippen LogP) is 0.307. The first kappa shape index (κ1) is 19.3. The quantitative estimate of drug-likeness (QED) is 0.745. The van der Waals surface area contributed by atoms with E-state index in [-0.39, 0.29) is 36.9 Å². The van der Waals surface area contributed by atoms with Crippen LogP contribution in [0.3, 0.4) is 0 Å². The van der Waals surface area contributed by atoms with Gasteiger partial charge in [0.2, 0.25) is 0 Å². The monoisotopic (exact) mass is 377 g/mol. The summed E-state index contributed by atoms with van der Waals surface area (Å²) in [5, 5.41) is 9.24. The van der Waals surface area contributed by atoms with Crippen molar-refractivity contribution in [2.24, 2.45) is 13.0 Å². The lowest BCUT2D eigenvalue weighted by Crippen LogP contribution is -2.58. The molecule has 9 heteroatoms. The Bertz CT molecular complexity index is 736. The number of amides is 4. The molecule has 0 aliphatic carbocycles. The number of hydrogen-bond donors (Lipinski definition) is 1. The van der Waals surface area contributed by atoms with Gasteiger partial charge in [0.1, 0.15) is 11.2 Å². The number of piperidine rings is 1. The maximum absolute atomic E-state index is 13.1. The molecule has 2 aliphatic rings. The molecular formula is C18H27N5O4. The lowest BCUT2D eigenvalue weighted by atomic mass is 9.85. The molecule has 2 fully saturated rings. The fourth-order valence-corrected chi connectivity index (χ4v) is 3.99. The van der Waals surface area contributed by atoms with Gasteiger partial charge in [0, 0.05) is 26.7 Å². The summed E-state index contributed by atoms with van der Waals surface area (Å²) < 4.78 is 1.67.